The highest BCUT2D eigenvalue weighted by molar-refractivity contribution is 5.71. The van der Waals surface area contributed by atoms with E-state index in [1.54, 1.807) is 11.8 Å². The first-order valence-electron chi connectivity index (χ1n) is 5.60. The molecule has 0 aromatic rings. The SMILES string of the molecule is CCN(CCOC(F)(F)F)C1COCC1C(=O)O. The van der Waals surface area contributed by atoms with Gasteiger partial charge < -0.3 is 9.84 Å². The van der Waals surface area contributed by atoms with E-state index in [9.17, 15) is 18.0 Å². The lowest BCUT2D eigenvalue weighted by atomic mass is 10.0. The van der Waals surface area contributed by atoms with Crippen molar-refractivity contribution in [1.82, 2.24) is 4.90 Å². The van der Waals surface area contributed by atoms with Crippen LogP contribution in [0.15, 0.2) is 0 Å². The summed E-state index contributed by atoms with van der Waals surface area (Å²) >= 11 is 0. The first-order chi connectivity index (χ1) is 8.35. The molecule has 2 atom stereocenters. The van der Waals surface area contributed by atoms with Gasteiger partial charge in [0.25, 0.3) is 0 Å². The largest absolute Gasteiger partial charge is 0.522 e. The summed E-state index contributed by atoms with van der Waals surface area (Å²) in [5.74, 6) is -1.69. The average Bonchev–Trinajstić information content (AvgIpc) is 2.71. The molecule has 0 aromatic heterocycles. The molecule has 2 unspecified atom stereocenters. The Balaban J connectivity index is 2.47. The lowest BCUT2D eigenvalue weighted by Crippen LogP contribution is -2.44. The van der Waals surface area contributed by atoms with Crippen LogP contribution >= 0.6 is 0 Å². The quantitative estimate of drug-likeness (QED) is 0.779. The Morgan fingerprint density at radius 3 is 2.67 bits per heavy atom. The maximum Gasteiger partial charge on any atom is 0.522 e. The van der Waals surface area contributed by atoms with Gasteiger partial charge in [0, 0.05) is 12.6 Å². The van der Waals surface area contributed by atoms with Crippen molar-refractivity contribution < 1.29 is 32.5 Å². The van der Waals surface area contributed by atoms with E-state index in [4.69, 9.17) is 9.84 Å². The van der Waals surface area contributed by atoms with Gasteiger partial charge in [-0.3, -0.25) is 14.4 Å². The number of nitrogens with zero attached hydrogens (tertiary/aromatic N) is 1. The van der Waals surface area contributed by atoms with Crippen LogP contribution in [0.5, 0.6) is 0 Å². The summed E-state index contributed by atoms with van der Waals surface area (Å²) in [5.41, 5.74) is 0. The van der Waals surface area contributed by atoms with E-state index < -0.39 is 30.9 Å². The zero-order valence-electron chi connectivity index (χ0n) is 9.94. The van der Waals surface area contributed by atoms with Crippen LogP contribution < -0.4 is 0 Å². The minimum absolute atomic E-state index is 0.0216. The minimum Gasteiger partial charge on any atom is -0.481 e. The summed E-state index contributed by atoms with van der Waals surface area (Å²) < 4.78 is 44.3. The van der Waals surface area contributed by atoms with Crippen LogP contribution in [0.4, 0.5) is 13.2 Å². The molecule has 0 spiro atoms. The Morgan fingerprint density at radius 1 is 1.50 bits per heavy atom. The monoisotopic (exact) mass is 271 g/mol. The van der Waals surface area contributed by atoms with Crippen molar-refractivity contribution in [1.29, 1.82) is 0 Å². The van der Waals surface area contributed by atoms with Crippen molar-refractivity contribution in [3.05, 3.63) is 0 Å². The van der Waals surface area contributed by atoms with Crippen LogP contribution in [0, 0.1) is 5.92 Å². The fourth-order valence-electron chi connectivity index (χ4n) is 1.98. The predicted molar refractivity (Wildman–Crippen MR) is 55.0 cm³/mol. The Morgan fingerprint density at radius 2 is 2.17 bits per heavy atom. The Labute approximate surface area is 102 Å². The highest BCUT2D eigenvalue weighted by atomic mass is 19.4. The van der Waals surface area contributed by atoms with E-state index in [1.165, 1.54) is 0 Å². The predicted octanol–water partition coefficient (Wildman–Crippen LogP) is 0.944. The lowest BCUT2D eigenvalue weighted by molar-refractivity contribution is -0.325. The number of carbonyl (C=O) groups is 1. The van der Waals surface area contributed by atoms with Gasteiger partial charge in [-0.25, -0.2) is 0 Å². The Hall–Kier alpha value is -0.860. The topological polar surface area (TPSA) is 59.0 Å². The Kier molecular flexibility index (Phi) is 5.36. The van der Waals surface area contributed by atoms with E-state index in [-0.39, 0.29) is 19.8 Å². The summed E-state index contributed by atoms with van der Waals surface area (Å²) in [6, 6.07) is -0.399. The van der Waals surface area contributed by atoms with Crippen LogP contribution in [-0.4, -0.2) is 61.3 Å². The molecule has 0 radical (unpaired) electrons. The van der Waals surface area contributed by atoms with Gasteiger partial charge in [-0.05, 0) is 6.54 Å². The van der Waals surface area contributed by atoms with Gasteiger partial charge in [-0.1, -0.05) is 6.92 Å². The summed E-state index contributed by atoms with van der Waals surface area (Å²) in [6.45, 7) is 2.02. The molecule has 106 valence electrons. The third-order valence-corrected chi connectivity index (χ3v) is 2.89. The van der Waals surface area contributed by atoms with Crippen LogP contribution in [0.3, 0.4) is 0 Å². The van der Waals surface area contributed by atoms with E-state index in [2.05, 4.69) is 4.74 Å². The minimum atomic E-state index is -4.65. The van der Waals surface area contributed by atoms with Crippen molar-refractivity contribution in [3.8, 4) is 0 Å². The lowest BCUT2D eigenvalue weighted by Gasteiger charge is -2.28. The molecule has 5 nitrogen and oxygen atoms in total. The number of likely N-dealkylation sites (N-methyl/N-ethyl adjacent to an activating group) is 1. The molecule has 0 aliphatic carbocycles. The average molecular weight is 271 g/mol. The second-order valence-corrected chi connectivity index (χ2v) is 3.97. The first kappa shape index (κ1) is 15.2. The number of carboxylic acids is 1. The van der Waals surface area contributed by atoms with Gasteiger partial charge in [0.05, 0.1) is 25.7 Å². The van der Waals surface area contributed by atoms with Crippen LogP contribution in [0.1, 0.15) is 6.92 Å². The van der Waals surface area contributed by atoms with Crippen LogP contribution in [-0.2, 0) is 14.3 Å². The number of hydrogen-bond donors (Lipinski definition) is 1. The smallest absolute Gasteiger partial charge is 0.481 e. The first-order valence-corrected chi connectivity index (χ1v) is 5.60. The van der Waals surface area contributed by atoms with Crippen molar-refractivity contribution in [2.75, 3.05) is 32.9 Å². The molecule has 1 aliphatic rings. The molecular weight excluding hydrogens is 255 g/mol. The highest BCUT2D eigenvalue weighted by Gasteiger charge is 2.38. The normalized spacial score (nSPS) is 24.7. The summed E-state index contributed by atoms with van der Waals surface area (Å²) in [5, 5.41) is 8.96. The zero-order valence-corrected chi connectivity index (χ0v) is 9.94. The van der Waals surface area contributed by atoms with Gasteiger partial charge in [0.2, 0.25) is 0 Å². The van der Waals surface area contributed by atoms with Crippen molar-refractivity contribution in [3.63, 3.8) is 0 Å². The summed E-state index contributed by atoms with van der Waals surface area (Å²) in [4.78, 5) is 12.6. The molecule has 1 rings (SSSR count). The molecule has 1 aliphatic heterocycles. The molecule has 1 saturated heterocycles. The summed E-state index contributed by atoms with van der Waals surface area (Å²) in [7, 11) is 0. The number of aliphatic carboxylic acids is 1. The molecule has 0 saturated carbocycles. The fourth-order valence-corrected chi connectivity index (χ4v) is 1.98. The molecule has 1 fully saturated rings. The van der Waals surface area contributed by atoms with Gasteiger partial charge in [0.15, 0.2) is 0 Å². The standard InChI is InChI=1S/C10H16F3NO4/c1-2-14(3-4-18-10(11,12)13)8-6-17-5-7(8)9(15)16/h7-8H,2-6H2,1H3,(H,15,16). The molecular formula is C10H16F3NO4. The van der Waals surface area contributed by atoms with Crippen molar-refractivity contribution in [2.45, 2.75) is 19.3 Å². The Bertz CT molecular complexity index is 285. The van der Waals surface area contributed by atoms with E-state index >= 15 is 0 Å². The number of carboxylic acid groups (broad SMARTS) is 1. The van der Waals surface area contributed by atoms with Gasteiger partial charge in [-0.2, -0.15) is 0 Å². The fraction of sp³-hybridized carbons (Fsp3) is 0.900. The molecule has 0 bridgehead atoms. The zero-order chi connectivity index (χ0) is 13.8. The second kappa shape index (κ2) is 6.35. The highest BCUT2D eigenvalue weighted by Crippen LogP contribution is 2.21. The van der Waals surface area contributed by atoms with E-state index in [0.29, 0.717) is 6.54 Å². The van der Waals surface area contributed by atoms with Gasteiger partial charge in [0.1, 0.15) is 0 Å². The number of hydrogen-bond acceptors (Lipinski definition) is 4. The maximum absolute atomic E-state index is 11.8. The second-order valence-electron chi connectivity index (χ2n) is 3.97. The summed E-state index contributed by atoms with van der Waals surface area (Å²) in [6.07, 6.45) is -4.65. The van der Waals surface area contributed by atoms with Crippen LogP contribution in [0.2, 0.25) is 0 Å². The molecule has 8 heteroatoms. The molecule has 1 heterocycles. The molecule has 1 N–H and O–H groups in total. The third-order valence-electron chi connectivity index (χ3n) is 2.89. The van der Waals surface area contributed by atoms with Gasteiger partial charge >= 0.3 is 12.3 Å². The number of halogens is 3. The van der Waals surface area contributed by atoms with Crippen molar-refractivity contribution in [2.24, 2.45) is 5.92 Å². The van der Waals surface area contributed by atoms with Crippen LogP contribution in [0.25, 0.3) is 0 Å². The van der Waals surface area contributed by atoms with Gasteiger partial charge in [-0.15, -0.1) is 13.2 Å². The van der Waals surface area contributed by atoms with E-state index in [0.717, 1.165) is 0 Å². The van der Waals surface area contributed by atoms with E-state index in [1.807, 2.05) is 0 Å². The van der Waals surface area contributed by atoms with Crippen molar-refractivity contribution >= 4 is 5.97 Å². The molecule has 0 amide bonds. The number of alkyl halides is 3. The number of rotatable bonds is 6. The molecule has 0 aromatic carbocycles. The number of ether oxygens (including phenoxy) is 2. The maximum atomic E-state index is 11.8. The third kappa shape index (κ3) is 4.43. The molecule has 18 heavy (non-hydrogen) atoms.